The molecule has 1 rings (SSSR count). The molecule has 0 bridgehead atoms. The zero-order valence-corrected chi connectivity index (χ0v) is 11.1. The first-order valence-corrected chi connectivity index (χ1v) is 6.41. The van der Waals surface area contributed by atoms with Crippen LogP contribution in [0.1, 0.15) is 34.1 Å². The van der Waals surface area contributed by atoms with Crippen LogP contribution in [0.3, 0.4) is 0 Å². The number of carbonyl (C=O) groups is 2. The number of hydrogen-bond donors (Lipinski definition) is 0. The van der Waals surface area contributed by atoms with Gasteiger partial charge in [-0.15, -0.1) is 0 Å². The zero-order chi connectivity index (χ0) is 12.3. The lowest BCUT2D eigenvalue weighted by Crippen LogP contribution is -2.53. The van der Waals surface area contributed by atoms with E-state index in [9.17, 15) is 9.59 Å². The molecule has 4 nitrogen and oxygen atoms in total. The van der Waals surface area contributed by atoms with Gasteiger partial charge < -0.3 is 9.64 Å². The molecule has 1 amide bonds. The largest absolute Gasteiger partial charge is 0.444 e. The standard InChI is InChI=1S/C11H19NO3S/c1-8(13)16-7-9-5-6-12(9)10(14)15-11(2,3)4/h9H,5-7H2,1-4H3. The highest BCUT2D eigenvalue weighted by atomic mass is 32.2. The van der Waals surface area contributed by atoms with Crippen molar-refractivity contribution >= 4 is 23.0 Å². The monoisotopic (exact) mass is 245 g/mol. The SMILES string of the molecule is CC(=O)SCC1CCN1C(=O)OC(C)(C)C. The normalized spacial score (nSPS) is 20.2. The third-order valence-electron chi connectivity index (χ3n) is 2.25. The van der Waals surface area contributed by atoms with Crippen molar-refractivity contribution in [3.05, 3.63) is 0 Å². The van der Waals surface area contributed by atoms with Gasteiger partial charge in [0.05, 0.1) is 0 Å². The molecule has 92 valence electrons. The van der Waals surface area contributed by atoms with Gasteiger partial charge in [-0.05, 0) is 27.2 Å². The molecule has 0 radical (unpaired) electrons. The minimum Gasteiger partial charge on any atom is -0.444 e. The number of thioether (sulfide) groups is 1. The summed E-state index contributed by atoms with van der Waals surface area (Å²) in [5, 5.41) is 0.0936. The maximum atomic E-state index is 11.7. The molecule has 1 unspecified atom stereocenters. The van der Waals surface area contributed by atoms with Gasteiger partial charge >= 0.3 is 6.09 Å². The fourth-order valence-corrected chi connectivity index (χ4v) is 2.16. The average molecular weight is 245 g/mol. The molecule has 1 heterocycles. The Kier molecular flexibility index (Phi) is 4.24. The number of ether oxygens (including phenoxy) is 1. The maximum absolute atomic E-state index is 11.7. The second-order valence-corrected chi connectivity index (χ2v) is 6.12. The molecule has 16 heavy (non-hydrogen) atoms. The summed E-state index contributed by atoms with van der Waals surface area (Å²) in [6.07, 6.45) is 0.687. The van der Waals surface area contributed by atoms with Crippen LogP contribution in [0, 0.1) is 0 Å². The van der Waals surface area contributed by atoms with Gasteiger partial charge in [0.15, 0.2) is 5.12 Å². The molecule has 0 saturated carbocycles. The third kappa shape index (κ3) is 4.04. The van der Waals surface area contributed by atoms with Crippen LogP contribution >= 0.6 is 11.8 Å². The molecule has 0 N–H and O–H groups in total. The predicted molar refractivity (Wildman–Crippen MR) is 64.5 cm³/mol. The Hall–Kier alpha value is -0.710. The Balaban J connectivity index is 2.37. The van der Waals surface area contributed by atoms with Crippen LogP contribution in [0.15, 0.2) is 0 Å². The fraction of sp³-hybridized carbons (Fsp3) is 0.818. The van der Waals surface area contributed by atoms with Crippen LogP contribution in [0.4, 0.5) is 4.79 Å². The number of likely N-dealkylation sites (tertiary alicyclic amines) is 1. The lowest BCUT2D eigenvalue weighted by molar-refractivity contribution is -0.109. The number of amides is 1. The number of carbonyl (C=O) groups excluding carboxylic acids is 2. The van der Waals surface area contributed by atoms with Gasteiger partial charge in [0.2, 0.25) is 0 Å². The Morgan fingerprint density at radius 1 is 1.44 bits per heavy atom. The summed E-state index contributed by atoms with van der Waals surface area (Å²) >= 11 is 1.27. The van der Waals surface area contributed by atoms with Crippen LogP contribution < -0.4 is 0 Å². The van der Waals surface area contributed by atoms with Gasteiger partial charge in [0, 0.05) is 25.3 Å². The van der Waals surface area contributed by atoms with E-state index < -0.39 is 5.60 Å². The van der Waals surface area contributed by atoms with Gasteiger partial charge in [-0.1, -0.05) is 11.8 Å². The van der Waals surface area contributed by atoms with Crippen molar-refractivity contribution in [1.82, 2.24) is 4.90 Å². The molecule has 5 heteroatoms. The van der Waals surface area contributed by atoms with E-state index in [1.807, 2.05) is 20.8 Å². The van der Waals surface area contributed by atoms with Gasteiger partial charge in [-0.3, -0.25) is 4.79 Å². The third-order valence-corrected chi connectivity index (χ3v) is 3.21. The van der Waals surface area contributed by atoms with Crippen molar-refractivity contribution in [2.24, 2.45) is 0 Å². The predicted octanol–water partition coefficient (Wildman–Crippen LogP) is 2.28. The lowest BCUT2D eigenvalue weighted by atomic mass is 10.1. The Morgan fingerprint density at radius 2 is 2.06 bits per heavy atom. The van der Waals surface area contributed by atoms with E-state index in [1.54, 1.807) is 11.8 Å². The first kappa shape index (κ1) is 13.4. The van der Waals surface area contributed by atoms with Crippen molar-refractivity contribution in [3.63, 3.8) is 0 Å². The van der Waals surface area contributed by atoms with E-state index in [0.29, 0.717) is 5.75 Å². The van der Waals surface area contributed by atoms with Crippen molar-refractivity contribution < 1.29 is 14.3 Å². The molecule has 1 aliphatic rings. The fourth-order valence-electron chi connectivity index (χ4n) is 1.39. The lowest BCUT2D eigenvalue weighted by Gasteiger charge is -2.41. The molecule has 0 aromatic heterocycles. The van der Waals surface area contributed by atoms with E-state index in [2.05, 4.69) is 0 Å². The van der Waals surface area contributed by atoms with Crippen LogP contribution in [0.25, 0.3) is 0 Å². The van der Waals surface area contributed by atoms with Crippen molar-refractivity contribution in [2.45, 2.75) is 45.8 Å². The molecular weight excluding hydrogens is 226 g/mol. The summed E-state index contributed by atoms with van der Waals surface area (Å²) in [7, 11) is 0. The minimum atomic E-state index is -0.453. The van der Waals surface area contributed by atoms with E-state index in [0.717, 1.165) is 13.0 Å². The summed E-state index contributed by atoms with van der Waals surface area (Å²) in [6.45, 7) is 7.83. The molecule has 1 fully saturated rings. The molecule has 0 aromatic rings. The Morgan fingerprint density at radius 3 is 2.44 bits per heavy atom. The molecule has 0 aromatic carbocycles. The average Bonchev–Trinajstić information content (AvgIpc) is 1.96. The van der Waals surface area contributed by atoms with Crippen molar-refractivity contribution in [3.8, 4) is 0 Å². The molecular formula is C11H19NO3S. The minimum absolute atomic E-state index is 0.0936. The second-order valence-electron chi connectivity index (χ2n) is 4.92. The molecule has 1 saturated heterocycles. The van der Waals surface area contributed by atoms with E-state index in [-0.39, 0.29) is 17.3 Å². The summed E-state index contributed by atoms with van der Waals surface area (Å²) in [5.74, 6) is 0.675. The van der Waals surface area contributed by atoms with E-state index >= 15 is 0 Å². The first-order valence-electron chi connectivity index (χ1n) is 5.42. The maximum Gasteiger partial charge on any atom is 0.410 e. The van der Waals surface area contributed by atoms with Crippen molar-refractivity contribution in [1.29, 1.82) is 0 Å². The summed E-state index contributed by atoms with van der Waals surface area (Å²) < 4.78 is 5.27. The van der Waals surface area contributed by atoms with Crippen LogP contribution in [0.2, 0.25) is 0 Å². The van der Waals surface area contributed by atoms with E-state index in [4.69, 9.17) is 4.74 Å². The van der Waals surface area contributed by atoms with Gasteiger partial charge in [0.25, 0.3) is 0 Å². The topological polar surface area (TPSA) is 46.6 Å². The Labute approximate surface area is 101 Å². The first-order chi connectivity index (χ1) is 7.29. The van der Waals surface area contributed by atoms with Crippen molar-refractivity contribution in [2.75, 3.05) is 12.3 Å². The highest BCUT2D eigenvalue weighted by Crippen LogP contribution is 2.24. The number of hydrogen-bond acceptors (Lipinski definition) is 4. The number of rotatable bonds is 2. The summed E-state index contributed by atoms with van der Waals surface area (Å²) in [6, 6.07) is 0.156. The van der Waals surface area contributed by atoms with Gasteiger partial charge in [-0.2, -0.15) is 0 Å². The molecule has 0 spiro atoms. The quantitative estimate of drug-likeness (QED) is 0.748. The van der Waals surface area contributed by atoms with E-state index in [1.165, 1.54) is 11.8 Å². The summed E-state index contributed by atoms with van der Waals surface area (Å²) in [5.41, 5.74) is -0.453. The van der Waals surface area contributed by atoms with Gasteiger partial charge in [-0.25, -0.2) is 4.79 Å². The highest BCUT2D eigenvalue weighted by molar-refractivity contribution is 8.13. The van der Waals surface area contributed by atoms with Gasteiger partial charge in [0.1, 0.15) is 5.60 Å². The zero-order valence-electron chi connectivity index (χ0n) is 10.3. The molecule has 0 aliphatic carbocycles. The summed E-state index contributed by atoms with van der Waals surface area (Å²) in [4.78, 5) is 24.2. The van der Waals surface area contributed by atoms with Crippen LogP contribution in [-0.4, -0.2) is 40.0 Å². The number of nitrogens with zero attached hydrogens (tertiary/aromatic N) is 1. The second kappa shape index (κ2) is 5.08. The van der Waals surface area contributed by atoms with Crippen LogP contribution in [-0.2, 0) is 9.53 Å². The Bertz CT molecular complexity index is 285. The molecule has 1 aliphatic heterocycles. The highest BCUT2D eigenvalue weighted by Gasteiger charge is 2.35. The molecule has 1 atom stereocenters. The smallest absolute Gasteiger partial charge is 0.410 e. The van der Waals surface area contributed by atoms with Crippen LogP contribution in [0.5, 0.6) is 0 Å².